The van der Waals surface area contributed by atoms with Crippen molar-refractivity contribution in [3.8, 4) is 0 Å². The second-order valence-corrected chi connectivity index (χ2v) is 6.99. The summed E-state index contributed by atoms with van der Waals surface area (Å²) in [6.07, 6.45) is 3.14. The van der Waals surface area contributed by atoms with Gasteiger partial charge in [0.05, 0.1) is 11.5 Å². The SMILES string of the molecule is Nc1nccnc1C(=O)NNC(=O)CC1CCS(=O)(=O)C1. The van der Waals surface area contributed by atoms with Crippen molar-refractivity contribution in [2.75, 3.05) is 17.2 Å². The van der Waals surface area contributed by atoms with Crippen LogP contribution in [0.3, 0.4) is 0 Å². The average Bonchev–Trinajstić information content (AvgIpc) is 2.75. The minimum absolute atomic E-state index is 0.00543. The van der Waals surface area contributed by atoms with Gasteiger partial charge in [-0.1, -0.05) is 0 Å². The lowest BCUT2D eigenvalue weighted by Gasteiger charge is -2.10. The van der Waals surface area contributed by atoms with Crippen LogP contribution in [-0.2, 0) is 14.6 Å². The van der Waals surface area contributed by atoms with E-state index < -0.39 is 21.7 Å². The molecule has 2 amide bonds. The van der Waals surface area contributed by atoms with Crippen LogP contribution in [0.25, 0.3) is 0 Å². The predicted octanol–water partition coefficient (Wildman–Crippen LogP) is -1.36. The summed E-state index contributed by atoms with van der Waals surface area (Å²) in [5, 5.41) is 0. The van der Waals surface area contributed by atoms with E-state index in [1.54, 1.807) is 0 Å². The molecule has 4 N–H and O–H groups in total. The van der Waals surface area contributed by atoms with Gasteiger partial charge in [-0.15, -0.1) is 0 Å². The van der Waals surface area contributed by atoms with Crippen molar-refractivity contribution < 1.29 is 18.0 Å². The van der Waals surface area contributed by atoms with E-state index in [0.717, 1.165) is 0 Å². The van der Waals surface area contributed by atoms with Gasteiger partial charge in [-0.25, -0.2) is 18.4 Å². The van der Waals surface area contributed by atoms with Crippen molar-refractivity contribution in [1.82, 2.24) is 20.8 Å². The molecule has 1 aromatic heterocycles. The van der Waals surface area contributed by atoms with Crippen molar-refractivity contribution in [3.05, 3.63) is 18.1 Å². The summed E-state index contributed by atoms with van der Waals surface area (Å²) in [7, 11) is -3.02. The largest absolute Gasteiger partial charge is 0.382 e. The third-order valence-electron chi connectivity index (χ3n) is 3.06. The van der Waals surface area contributed by atoms with Crippen LogP contribution in [0.2, 0.25) is 0 Å². The van der Waals surface area contributed by atoms with E-state index >= 15 is 0 Å². The number of carbonyl (C=O) groups excluding carboxylic acids is 2. The molecule has 0 spiro atoms. The smallest absolute Gasteiger partial charge is 0.292 e. The lowest BCUT2D eigenvalue weighted by molar-refractivity contribution is -0.122. The molecule has 9 nitrogen and oxygen atoms in total. The second-order valence-electron chi connectivity index (χ2n) is 4.77. The first kappa shape index (κ1) is 15.2. The minimum atomic E-state index is -3.02. The zero-order valence-electron chi connectivity index (χ0n) is 11.1. The molecule has 1 atom stereocenters. The molecule has 0 aromatic carbocycles. The van der Waals surface area contributed by atoms with Gasteiger partial charge in [-0.2, -0.15) is 0 Å². The Balaban J connectivity index is 1.82. The third-order valence-corrected chi connectivity index (χ3v) is 4.89. The highest BCUT2D eigenvalue weighted by molar-refractivity contribution is 7.91. The number of hydrogen-bond acceptors (Lipinski definition) is 7. The zero-order chi connectivity index (χ0) is 15.5. The summed E-state index contributed by atoms with van der Waals surface area (Å²) in [6, 6.07) is 0. The Labute approximate surface area is 121 Å². The van der Waals surface area contributed by atoms with E-state index in [2.05, 4.69) is 20.8 Å². The van der Waals surface area contributed by atoms with Gasteiger partial charge >= 0.3 is 0 Å². The van der Waals surface area contributed by atoms with Crippen molar-refractivity contribution in [3.63, 3.8) is 0 Å². The van der Waals surface area contributed by atoms with Crippen LogP contribution < -0.4 is 16.6 Å². The Morgan fingerprint density at radius 2 is 2.00 bits per heavy atom. The molecule has 2 rings (SSSR count). The fraction of sp³-hybridized carbons (Fsp3) is 0.455. The van der Waals surface area contributed by atoms with Gasteiger partial charge in [0.2, 0.25) is 5.91 Å². The molecule has 0 radical (unpaired) electrons. The van der Waals surface area contributed by atoms with Crippen LogP contribution in [0.5, 0.6) is 0 Å². The lowest BCUT2D eigenvalue weighted by Crippen LogP contribution is -2.42. The molecule has 1 aromatic rings. The molecule has 1 aliphatic heterocycles. The minimum Gasteiger partial charge on any atom is -0.382 e. The first-order valence-electron chi connectivity index (χ1n) is 6.23. The maximum atomic E-state index is 11.7. The van der Waals surface area contributed by atoms with Crippen LogP contribution in [0.4, 0.5) is 5.82 Å². The van der Waals surface area contributed by atoms with Crippen molar-refractivity contribution in [1.29, 1.82) is 0 Å². The van der Waals surface area contributed by atoms with Crippen molar-refractivity contribution in [2.24, 2.45) is 5.92 Å². The Hall–Kier alpha value is -2.23. The fourth-order valence-corrected chi connectivity index (χ4v) is 3.92. The number of aromatic nitrogens is 2. The number of amides is 2. The number of nitrogens with zero attached hydrogens (tertiary/aromatic N) is 2. The van der Waals surface area contributed by atoms with Crippen LogP contribution in [0.15, 0.2) is 12.4 Å². The number of nitrogens with two attached hydrogens (primary N) is 1. The van der Waals surface area contributed by atoms with Crippen LogP contribution in [0, 0.1) is 5.92 Å². The molecule has 1 saturated heterocycles. The summed E-state index contributed by atoms with van der Waals surface area (Å²) in [5.41, 5.74) is 9.75. The molecule has 2 heterocycles. The average molecular weight is 313 g/mol. The molecule has 0 saturated carbocycles. The number of hydrazine groups is 1. The quantitative estimate of drug-likeness (QED) is 0.585. The van der Waals surface area contributed by atoms with Crippen LogP contribution >= 0.6 is 0 Å². The molecule has 21 heavy (non-hydrogen) atoms. The molecule has 1 fully saturated rings. The van der Waals surface area contributed by atoms with Gasteiger partial charge in [-0.3, -0.25) is 20.4 Å². The van der Waals surface area contributed by atoms with Gasteiger partial charge in [-0.05, 0) is 12.3 Å². The maximum Gasteiger partial charge on any atom is 0.292 e. The number of rotatable bonds is 3. The zero-order valence-corrected chi connectivity index (χ0v) is 11.9. The normalized spacial score (nSPS) is 19.9. The summed E-state index contributed by atoms with van der Waals surface area (Å²) in [6.45, 7) is 0. The number of carbonyl (C=O) groups is 2. The summed E-state index contributed by atoms with van der Waals surface area (Å²) < 4.78 is 22.6. The first-order chi connectivity index (χ1) is 9.87. The molecule has 1 aliphatic rings. The summed E-state index contributed by atoms with van der Waals surface area (Å²) in [5.74, 6) is -1.31. The topological polar surface area (TPSA) is 144 Å². The number of sulfone groups is 1. The lowest BCUT2D eigenvalue weighted by atomic mass is 10.1. The highest BCUT2D eigenvalue weighted by Gasteiger charge is 2.29. The van der Waals surface area contributed by atoms with E-state index in [0.29, 0.717) is 6.42 Å². The summed E-state index contributed by atoms with van der Waals surface area (Å²) >= 11 is 0. The highest BCUT2D eigenvalue weighted by atomic mass is 32.2. The Kier molecular flexibility index (Phi) is 4.36. The van der Waals surface area contributed by atoms with Crippen molar-refractivity contribution >= 4 is 27.5 Å². The molecule has 10 heteroatoms. The number of hydrogen-bond donors (Lipinski definition) is 3. The van der Waals surface area contributed by atoms with E-state index in [1.807, 2.05) is 0 Å². The molecule has 114 valence electrons. The third kappa shape index (κ3) is 4.12. The Morgan fingerprint density at radius 3 is 2.62 bits per heavy atom. The van der Waals surface area contributed by atoms with Gasteiger partial charge < -0.3 is 5.73 Å². The summed E-state index contributed by atoms with van der Waals surface area (Å²) in [4.78, 5) is 30.8. The number of anilines is 1. The van der Waals surface area contributed by atoms with Gasteiger partial charge in [0.25, 0.3) is 5.91 Å². The number of nitrogens with one attached hydrogen (secondary N) is 2. The van der Waals surface area contributed by atoms with E-state index in [-0.39, 0.29) is 35.4 Å². The van der Waals surface area contributed by atoms with E-state index in [9.17, 15) is 18.0 Å². The van der Waals surface area contributed by atoms with Crippen LogP contribution in [-0.4, -0.2) is 41.7 Å². The van der Waals surface area contributed by atoms with E-state index in [1.165, 1.54) is 12.4 Å². The molecule has 1 unspecified atom stereocenters. The predicted molar refractivity (Wildman–Crippen MR) is 73.4 cm³/mol. The second kappa shape index (κ2) is 6.04. The maximum absolute atomic E-state index is 11.7. The molecule has 0 bridgehead atoms. The fourth-order valence-electron chi connectivity index (χ4n) is 2.06. The standard InChI is InChI=1S/C11H15N5O4S/c12-10-9(13-2-3-14-10)11(18)16-15-8(17)5-7-1-4-21(19,20)6-7/h2-3,7H,1,4-6H2,(H2,12,14)(H,15,17)(H,16,18). The molecular weight excluding hydrogens is 298 g/mol. The van der Waals surface area contributed by atoms with Gasteiger partial charge in [0, 0.05) is 18.8 Å². The van der Waals surface area contributed by atoms with Gasteiger partial charge in [0.15, 0.2) is 21.3 Å². The van der Waals surface area contributed by atoms with Gasteiger partial charge in [0.1, 0.15) is 0 Å². The van der Waals surface area contributed by atoms with Crippen molar-refractivity contribution in [2.45, 2.75) is 12.8 Å². The van der Waals surface area contributed by atoms with E-state index in [4.69, 9.17) is 5.73 Å². The Bertz CT molecular complexity index is 660. The van der Waals surface area contributed by atoms with Crippen LogP contribution in [0.1, 0.15) is 23.3 Å². The molecule has 0 aliphatic carbocycles. The monoisotopic (exact) mass is 313 g/mol. The molecular formula is C11H15N5O4S. The number of nitrogen functional groups attached to an aromatic ring is 1. The first-order valence-corrected chi connectivity index (χ1v) is 8.05. The Morgan fingerprint density at radius 1 is 1.29 bits per heavy atom. The highest BCUT2D eigenvalue weighted by Crippen LogP contribution is 2.21.